The summed E-state index contributed by atoms with van der Waals surface area (Å²) in [5, 5.41) is 7.26. The maximum Gasteiger partial charge on any atom is 0.0542 e. The van der Waals surface area contributed by atoms with E-state index in [2.05, 4.69) is 300 Å². The highest BCUT2D eigenvalue weighted by molar-refractivity contribution is 6.21. The molecule has 0 unspecified atom stereocenters. The molecule has 1 aromatic heterocycles. The van der Waals surface area contributed by atoms with Gasteiger partial charge in [-0.1, -0.05) is 182 Å². The van der Waals surface area contributed by atoms with Crippen molar-refractivity contribution in [1.82, 2.24) is 4.57 Å². The lowest BCUT2D eigenvalue weighted by Gasteiger charge is -2.26. The van der Waals surface area contributed by atoms with E-state index < -0.39 is 0 Å². The first-order valence-electron chi connectivity index (χ1n) is 24.8. The van der Waals surface area contributed by atoms with Crippen LogP contribution in [0, 0.1) is 6.92 Å². The van der Waals surface area contributed by atoms with Gasteiger partial charge in [-0.2, -0.15) is 0 Å². The lowest BCUT2D eigenvalue weighted by atomic mass is 9.85. The van der Waals surface area contributed by atoms with E-state index in [4.69, 9.17) is 0 Å². The summed E-state index contributed by atoms with van der Waals surface area (Å²) in [6.07, 6.45) is 0. The maximum atomic E-state index is 2.46. The molecule has 3 nitrogen and oxygen atoms in total. The lowest BCUT2D eigenvalue weighted by Crippen LogP contribution is -2.09. The van der Waals surface area contributed by atoms with Gasteiger partial charge >= 0.3 is 0 Å². The van der Waals surface area contributed by atoms with Crippen molar-refractivity contribution in [3.8, 4) is 39.1 Å². The smallest absolute Gasteiger partial charge is 0.0542 e. The Morgan fingerprint density at radius 2 is 0.653 bits per heavy atom. The average Bonchev–Trinajstić information content (AvgIpc) is 3.77. The molecule has 0 aliphatic heterocycles. The van der Waals surface area contributed by atoms with E-state index in [-0.39, 0.29) is 0 Å². The Hall–Kier alpha value is -9.44. The molecule has 0 radical (unpaired) electrons. The van der Waals surface area contributed by atoms with Crippen LogP contribution in [0.1, 0.15) is 5.56 Å². The van der Waals surface area contributed by atoms with Gasteiger partial charge in [0.2, 0.25) is 0 Å². The summed E-state index contributed by atoms with van der Waals surface area (Å²) in [5.41, 5.74) is 18.6. The Morgan fingerprint density at radius 1 is 0.264 bits per heavy atom. The molecule has 0 fully saturated rings. The van der Waals surface area contributed by atoms with Gasteiger partial charge in [-0.3, -0.25) is 0 Å². The van der Waals surface area contributed by atoms with Crippen LogP contribution in [0.5, 0.6) is 0 Å². The molecule has 0 amide bonds. The second-order valence-electron chi connectivity index (χ2n) is 18.5. The number of hydrogen-bond acceptors (Lipinski definition) is 2. The van der Waals surface area contributed by atoms with Crippen LogP contribution in [0.2, 0.25) is 0 Å². The Balaban J connectivity index is 1.02. The van der Waals surface area contributed by atoms with Gasteiger partial charge in [0, 0.05) is 50.6 Å². The van der Waals surface area contributed by atoms with Crippen molar-refractivity contribution in [3.63, 3.8) is 0 Å². The summed E-state index contributed by atoms with van der Waals surface area (Å²) >= 11 is 0. The largest absolute Gasteiger partial charge is 0.310 e. The predicted molar refractivity (Wildman–Crippen MR) is 306 cm³/mol. The molecule has 12 aromatic carbocycles. The minimum absolute atomic E-state index is 1.09. The van der Waals surface area contributed by atoms with Gasteiger partial charge in [0.1, 0.15) is 0 Å². The van der Waals surface area contributed by atoms with Crippen LogP contribution in [0.15, 0.2) is 279 Å². The number of aryl methyl sites for hydroxylation is 1. The number of rotatable bonds is 10. The van der Waals surface area contributed by atoms with E-state index in [1.165, 1.54) is 71.3 Å². The van der Waals surface area contributed by atoms with E-state index >= 15 is 0 Å². The number of nitrogens with zero attached hydrogens (tertiary/aromatic N) is 3. The molecule has 0 saturated carbocycles. The predicted octanol–water partition coefficient (Wildman–Crippen LogP) is 19.3. The zero-order valence-electron chi connectivity index (χ0n) is 39.9. The van der Waals surface area contributed by atoms with Gasteiger partial charge in [-0.05, 0) is 164 Å². The van der Waals surface area contributed by atoms with Crippen LogP contribution in [-0.4, -0.2) is 4.57 Å². The Labute approximate surface area is 420 Å². The lowest BCUT2D eigenvalue weighted by molar-refractivity contribution is 1.18. The zero-order chi connectivity index (χ0) is 48.0. The highest BCUT2D eigenvalue weighted by Gasteiger charge is 2.22. The van der Waals surface area contributed by atoms with E-state index in [1.54, 1.807) is 0 Å². The average molecular weight is 920 g/mol. The Bertz CT molecular complexity index is 3810. The van der Waals surface area contributed by atoms with E-state index in [1.807, 2.05) is 0 Å². The number of para-hydroxylation sites is 4. The molecular formula is C69H49N3. The van der Waals surface area contributed by atoms with Crippen LogP contribution in [0.3, 0.4) is 0 Å². The van der Waals surface area contributed by atoms with E-state index in [0.29, 0.717) is 0 Å². The minimum Gasteiger partial charge on any atom is -0.310 e. The summed E-state index contributed by atoms with van der Waals surface area (Å²) in [6.45, 7) is 2.18. The van der Waals surface area contributed by atoms with Crippen molar-refractivity contribution < 1.29 is 0 Å². The third kappa shape index (κ3) is 7.47. The highest BCUT2D eigenvalue weighted by Crippen LogP contribution is 2.46. The first-order valence-corrected chi connectivity index (χ1v) is 24.8. The fourth-order valence-corrected chi connectivity index (χ4v) is 11.0. The summed E-state index contributed by atoms with van der Waals surface area (Å²) in [5.74, 6) is 0. The molecule has 0 spiro atoms. The molecule has 340 valence electrons. The van der Waals surface area contributed by atoms with Gasteiger partial charge in [-0.25, -0.2) is 0 Å². The standard InChI is InChI=1S/C69H49N3/c1-48-21-14-15-32-59(48)49-37-39-50(40-38-49)68-60-33-16-18-35-62(60)69(63-36-19-17-34-61(63)68)51-22-20-31-56(45-51)72-66-43-41-57(70(52-23-6-2-7-24-52)53-25-8-3-9-26-53)46-64(66)65-47-58(42-44-67(65)72)71(54-27-10-4-11-28-54)55-29-12-5-13-30-55/h2-47H,1H3. The summed E-state index contributed by atoms with van der Waals surface area (Å²) in [7, 11) is 0. The van der Waals surface area contributed by atoms with Crippen molar-refractivity contribution >= 4 is 77.5 Å². The zero-order valence-corrected chi connectivity index (χ0v) is 39.9. The molecule has 0 aliphatic carbocycles. The Morgan fingerprint density at radius 3 is 1.10 bits per heavy atom. The molecule has 0 saturated heterocycles. The second kappa shape index (κ2) is 18.1. The van der Waals surface area contributed by atoms with E-state index in [9.17, 15) is 0 Å². The number of fused-ring (bicyclic) bond motifs is 5. The third-order valence-electron chi connectivity index (χ3n) is 14.3. The van der Waals surface area contributed by atoms with Crippen LogP contribution in [0.25, 0.3) is 82.4 Å². The summed E-state index contributed by atoms with van der Waals surface area (Å²) in [6, 6.07) is 101. The molecule has 0 atom stereocenters. The highest BCUT2D eigenvalue weighted by atomic mass is 15.1. The molecule has 0 bridgehead atoms. The number of benzene rings is 12. The fourth-order valence-electron chi connectivity index (χ4n) is 11.0. The topological polar surface area (TPSA) is 11.4 Å². The van der Waals surface area contributed by atoms with Crippen LogP contribution in [0.4, 0.5) is 34.1 Å². The first kappa shape index (κ1) is 42.6. The van der Waals surface area contributed by atoms with Gasteiger partial charge in [0.25, 0.3) is 0 Å². The quantitative estimate of drug-likeness (QED) is 0.127. The maximum absolute atomic E-state index is 2.46. The van der Waals surface area contributed by atoms with Gasteiger partial charge in [0.15, 0.2) is 0 Å². The Kier molecular flexibility index (Phi) is 10.7. The number of anilines is 6. The monoisotopic (exact) mass is 919 g/mol. The number of hydrogen-bond donors (Lipinski definition) is 0. The van der Waals surface area contributed by atoms with Crippen LogP contribution >= 0.6 is 0 Å². The van der Waals surface area contributed by atoms with Gasteiger partial charge in [0.05, 0.1) is 11.0 Å². The van der Waals surface area contributed by atoms with E-state index in [0.717, 1.165) is 50.8 Å². The van der Waals surface area contributed by atoms with Gasteiger partial charge < -0.3 is 14.4 Å². The van der Waals surface area contributed by atoms with Crippen molar-refractivity contribution in [3.05, 3.63) is 285 Å². The molecule has 0 aliphatic rings. The molecule has 3 heteroatoms. The minimum atomic E-state index is 1.09. The van der Waals surface area contributed by atoms with Crippen molar-refractivity contribution in [2.45, 2.75) is 6.92 Å². The summed E-state index contributed by atoms with van der Waals surface area (Å²) < 4.78 is 2.46. The van der Waals surface area contributed by atoms with Crippen molar-refractivity contribution in [2.75, 3.05) is 9.80 Å². The molecule has 1 heterocycles. The molecule has 13 aromatic rings. The number of aromatic nitrogens is 1. The fraction of sp³-hybridized carbons (Fsp3) is 0.0145. The SMILES string of the molecule is Cc1ccccc1-c1ccc(-c2c3ccccc3c(-c3cccc(-n4c5ccc(N(c6ccccc6)c6ccccc6)cc5c5cc(N(c6ccccc6)c6ccccc6)ccc54)c3)c3ccccc23)cc1. The third-order valence-corrected chi connectivity index (χ3v) is 14.3. The van der Waals surface area contributed by atoms with Crippen LogP contribution < -0.4 is 9.80 Å². The summed E-state index contributed by atoms with van der Waals surface area (Å²) in [4.78, 5) is 4.71. The van der Waals surface area contributed by atoms with Crippen molar-refractivity contribution in [2.24, 2.45) is 0 Å². The molecule has 0 N–H and O–H groups in total. The normalized spacial score (nSPS) is 11.4. The molecular weight excluding hydrogens is 871 g/mol. The second-order valence-corrected chi connectivity index (χ2v) is 18.5. The molecule has 13 rings (SSSR count). The van der Waals surface area contributed by atoms with Gasteiger partial charge in [-0.15, -0.1) is 0 Å². The molecule has 72 heavy (non-hydrogen) atoms. The van der Waals surface area contributed by atoms with Crippen molar-refractivity contribution in [1.29, 1.82) is 0 Å². The first-order chi connectivity index (χ1) is 35.7. The van der Waals surface area contributed by atoms with Crippen LogP contribution in [-0.2, 0) is 0 Å².